The highest BCUT2D eigenvalue weighted by Gasteiger charge is 2.71. The van der Waals surface area contributed by atoms with Gasteiger partial charge in [0.15, 0.2) is 11.6 Å². The topological polar surface area (TPSA) is 46.2 Å². The van der Waals surface area contributed by atoms with E-state index in [2.05, 4.69) is 0 Å². The number of hydrogen-bond donors (Lipinski definition) is 0. The Kier molecular flexibility index (Phi) is 4.22. The zero-order valence-electron chi connectivity index (χ0n) is 12.6. The standard InChI is InChI=1S/C13H18Cl4O5/c1-10(2)18-5-6(19-10)7-8-9(22-11(3,4)20-8)12(14,21-7)13(15,16)17/h6-9H,5H2,1-4H3/t6-,7+,8-,9-,12-/m1/s1. The quantitative estimate of drug-likeness (QED) is 0.637. The molecule has 3 fully saturated rings. The van der Waals surface area contributed by atoms with Gasteiger partial charge in [0.2, 0.25) is 8.85 Å². The van der Waals surface area contributed by atoms with Crippen LogP contribution in [0.15, 0.2) is 0 Å². The van der Waals surface area contributed by atoms with E-state index in [0.717, 1.165) is 0 Å². The molecular formula is C13H18Cl4O5. The van der Waals surface area contributed by atoms with Crippen LogP contribution in [0.2, 0.25) is 0 Å². The maximum absolute atomic E-state index is 6.50. The van der Waals surface area contributed by atoms with Crippen LogP contribution in [0.1, 0.15) is 27.7 Å². The molecule has 0 aromatic heterocycles. The lowest BCUT2D eigenvalue weighted by Crippen LogP contribution is -2.48. The fourth-order valence-electron chi connectivity index (χ4n) is 3.04. The molecule has 0 aromatic rings. The van der Waals surface area contributed by atoms with Crippen LogP contribution in [0.5, 0.6) is 0 Å². The van der Waals surface area contributed by atoms with Gasteiger partial charge in [0.25, 0.3) is 0 Å². The molecule has 0 aliphatic carbocycles. The van der Waals surface area contributed by atoms with Gasteiger partial charge in [-0.1, -0.05) is 46.4 Å². The molecule has 128 valence electrons. The van der Waals surface area contributed by atoms with Crippen LogP contribution in [0.3, 0.4) is 0 Å². The maximum atomic E-state index is 6.50. The summed E-state index contributed by atoms with van der Waals surface area (Å²) in [5.41, 5.74) is 0. The molecule has 3 saturated heterocycles. The monoisotopic (exact) mass is 394 g/mol. The van der Waals surface area contributed by atoms with Gasteiger partial charge in [0.1, 0.15) is 24.4 Å². The molecule has 0 radical (unpaired) electrons. The van der Waals surface area contributed by atoms with Gasteiger partial charge in [-0.3, -0.25) is 0 Å². The van der Waals surface area contributed by atoms with E-state index < -0.39 is 44.8 Å². The summed E-state index contributed by atoms with van der Waals surface area (Å²) in [4.78, 5) is 0. The second-order valence-electron chi connectivity index (χ2n) is 6.61. The summed E-state index contributed by atoms with van der Waals surface area (Å²) >= 11 is 24.6. The highest BCUT2D eigenvalue weighted by molar-refractivity contribution is 6.70. The number of alkyl halides is 4. The second-order valence-corrected chi connectivity index (χ2v) is 9.46. The minimum atomic E-state index is -1.90. The first-order valence-corrected chi connectivity index (χ1v) is 8.47. The Balaban J connectivity index is 1.90. The van der Waals surface area contributed by atoms with Crippen molar-refractivity contribution in [2.45, 2.75) is 72.5 Å². The summed E-state index contributed by atoms with van der Waals surface area (Å²) in [6.07, 6.45) is -2.23. The predicted octanol–water partition coefficient (Wildman–Crippen LogP) is 3.36. The van der Waals surface area contributed by atoms with E-state index in [4.69, 9.17) is 70.1 Å². The Morgan fingerprint density at radius 1 is 0.864 bits per heavy atom. The van der Waals surface area contributed by atoms with Crippen molar-refractivity contribution in [1.29, 1.82) is 0 Å². The molecule has 0 amide bonds. The molecule has 0 aromatic carbocycles. The SMILES string of the molecule is CC1(C)O[C@@H]2[C@H]([C@H]3COC(C)(C)O3)O[C@@](Cl)(C(Cl)(Cl)Cl)[C@@H]2O1. The van der Waals surface area contributed by atoms with Crippen LogP contribution in [0.4, 0.5) is 0 Å². The Labute approximate surface area is 149 Å². The van der Waals surface area contributed by atoms with Gasteiger partial charge in [-0.15, -0.1) is 0 Å². The van der Waals surface area contributed by atoms with E-state index in [0.29, 0.717) is 6.61 Å². The van der Waals surface area contributed by atoms with Crippen molar-refractivity contribution in [2.24, 2.45) is 0 Å². The van der Waals surface area contributed by atoms with Crippen LogP contribution < -0.4 is 0 Å². The molecule has 0 unspecified atom stereocenters. The molecular weight excluding hydrogens is 378 g/mol. The van der Waals surface area contributed by atoms with E-state index in [-0.39, 0.29) is 0 Å². The summed E-state index contributed by atoms with van der Waals surface area (Å²) < 4.78 is 27.1. The third-order valence-corrected chi connectivity index (χ3v) is 5.63. The lowest BCUT2D eigenvalue weighted by Gasteiger charge is -2.34. The number of rotatable bonds is 1. The van der Waals surface area contributed by atoms with Crippen molar-refractivity contribution in [3.05, 3.63) is 0 Å². The molecule has 3 rings (SSSR count). The number of halogens is 4. The van der Waals surface area contributed by atoms with Gasteiger partial charge in [0.05, 0.1) is 6.61 Å². The lowest BCUT2D eigenvalue weighted by atomic mass is 10.0. The van der Waals surface area contributed by atoms with Crippen LogP contribution in [0, 0.1) is 0 Å². The maximum Gasteiger partial charge on any atom is 0.235 e. The third kappa shape index (κ3) is 2.87. The van der Waals surface area contributed by atoms with Gasteiger partial charge < -0.3 is 23.7 Å². The van der Waals surface area contributed by atoms with Gasteiger partial charge in [-0.05, 0) is 27.7 Å². The Morgan fingerprint density at radius 3 is 2.00 bits per heavy atom. The fourth-order valence-corrected chi connectivity index (χ4v) is 3.77. The summed E-state index contributed by atoms with van der Waals surface area (Å²) in [6, 6.07) is 0. The molecule has 0 spiro atoms. The normalized spacial score (nSPS) is 46.9. The first-order valence-electron chi connectivity index (χ1n) is 6.95. The van der Waals surface area contributed by atoms with E-state index in [1.807, 2.05) is 13.8 Å². The van der Waals surface area contributed by atoms with E-state index >= 15 is 0 Å². The van der Waals surface area contributed by atoms with Gasteiger partial charge in [-0.25, -0.2) is 0 Å². The van der Waals surface area contributed by atoms with Crippen molar-refractivity contribution < 1.29 is 23.7 Å². The Hall–Kier alpha value is 0.960. The second kappa shape index (κ2) is 5.23. The molecule has 3 heterocycles. The molecule has 0 bridgehead atoms. The molecule has 5 nitrogen and oxygen atoms in total. The molecule has 3 aliphatic rings. The van der Waals surface area contributed by atoms with E-state index in [1.54, 1.807) is 13.8 Å². The fraction of sp³-hybridized carbons (Fsp3) is 1.00. The van der Waals surface area contributed by atoms with E-state index in [1.165, 1.54) is 0 Å². The zero-order chi connectivity index (χ0) is 16.6. The first kappa shape index (κ1) is 17.8. The molecule has 5 atom stereocenters. The summed E-state index contributed by atoms with van der Waals surface area (Å²) in [5.74, 6) is -1.57. The van der Waals surface area contributed by atoms with Gasteiger partial charge in [-0.2, -0.15) is 0 Å². The predicted molar refractivity (Wildman–Crippen MR) is 82.5 cm³/mol. The minimum Gasteiger partial charge on any atom is -0.348 e. The molecule has 0 N–H and O–H groups in total. The summed E-state index contributed by atoms with van der Waals surface area (Å²) in [6.45, 7) is 7.51. The Bertz CT molecular complexity index is 466. The highest BCUT2D eigenvalue weighted by Crippen LogP contribution is 2.57. The van der Waals surface area contributed by atoms with Crippen LogP contribution in [0.25, 0.3) is 0 Å². The number of fused-ring (bicyclic) bond motifs is 1. The lowest BCUT2D eigenvalue weighted by molar-refractivity contribution is -0.212. The van der Waals surface area contributed by atoms with Crippen LogP contribution >= 0.6 is 46.4 Å². The Morgan fingerprint density at radius 2 is 1.50 bits per heavy atom. The molecule has 9 heteroatoms. The zero-order valence-corrected chi connectivity index (χ0v) is 15.6. The molecule has 3 aliphatic heterocycles. The first-order chi connectivity index (χ1) is 9.85. The molecule has 0 saturated carbocycles. The smallest absolute Gasteiger partial charge is 0.235 e. The largest absolute Gasteiger partial charge is 0.348 e. The average Bonchev–Trinajstić information content (AvgIpc) is 2.91. The summed E-state index contributed by atoms with van der Waals surface area (Å²) in [5, 5.41) is -1.67. The third-order valence-electron chi connectivity index (χ3n) is 3.91. The van der Waals surface area contributed by atoms with Crippen molar-refractivity contribution in [3.8, 4) is 0 Å². The van der Waals surface area contributed by atoms with Crippen molar-refractivity contribution in [1.82, 2.24) is 0 Å². The molecule has 22 heavy (non-hydrogen) atoms. The average molecular weight is 396 g/mol. The van der Waals surface area contributed by atoms with Gasteiger partial charge in [0, 0.05) is 0 Å². The number of ether oxygens (including phenoxy) is 5. The summed E-state index contributed by atoms with van der Waals surface area (Å²) in [7, 11) is 0. The minimum absolute atomic E-state index is 0.331. The highest BCUT2D eigenvalue weighted by atomic mass is 35.6. The van der Waals surface area contributed by atoms with Gasteiger partial charge >= 0.3 is 0 Å². The van der Waals surface area contributed by atoms with Crippen molar-refractivity contribution in [2.75, 3.05) is 6.61 Å². The van der Waals surface area contributed by atoms with Crippen LogP contribution in [-0.2, 0) is 23.7 Å². The van der Waals surface area contributed by atoms with Crippen molar-refractivity contribution in [3.63, 3.8) is 0 Å². The van der Waals surface area contributed by atoms with E-state index in [9.17, 15) is 0 Å². The van der Waals surface area contributed by atoms with Crippen molar-refractivity contribution >= 4 is 46.4 Å². The number of hydrogen-bond acceptors (Lipinski definition) is 5. The van der Waals surface area contributed by atoms with Crippen LogP contribution in [-0.4, -0.2) is 51.4 Å².